The summed E-state index contributed by atoms with van der Waals surface area (Å²) in [4.78, 5) is 13.0. The minimum Gasteiger partial charge on any atom is -0.294 e. The molecule has 82 valence electrons. The van der Waals surface area contributed by atoms with Crippen molar-refractivity contribution in [1.29, 1.82) is 0 Å². The molecule has 0 bridgehead atoms. The fraction of sp³-hybridized carbons (Fsp3) is 0.0833. The second-order valence-corrected chi connectivity index (χ2v) is 5.63. The third-order valence-electron chi connectivity index (χ3n) is 2.13. The van der Waals surface area contributed by atoms with E-state index < -0.39 is 0 Å². The van der Waals surface area contributed by atoms with E-state index in [0.29, 0.717) is 17.0 Å². The summed E-state index contributed by atoms with van der Waals surface area (Å²) in [6.45, 7) is 0. The van der Waals surface area contributed by atoms with Crippen molar-refractivity contribution in [2.75, 3.05) is 0 Å². The zero-order valence-electron chi connectivity index (χ0n) is 8.24. The van der Waals surface area contributed by atoms with E-state index >= 15 is 0 Å². The molecule has 0 amide bonds. The third kappa shape index (κ3) is 2.73. The van der Waals surface area contributed by atoms with Crippen LogP contribution in [0.2, 0.25) is 5.02 Å². The van der Waals surface area contributed by atoms with E-state index in [1.807, 2.05) is 23.6 Å². The summed E-state index contributed by atoms with van der Waals surface area (Å²) in [6.07, 6.45) is 0.403. The topological polar surface area (TPSA) is 17.1 Å². The molecule has 0 fully saturated rings. The normalized spacial score (nSPS) is 10.4. The number of hydrogen-bond donors (Lipinski definition) is 0. The van der Waals surface area contributed by atoms with E-state index in [4.69, 9.17) is 11.6 Å². The van der Waals surface area contributed by atoms with Crippen LogP contribution in [-0.2, 0) is 6.42 Å². The second-order valence-electron chi connectivity index (χ2n) is 3.31. The standard InChI is InChI=1S/C12H8BrClOS/c13-8-5-9(16-7-8)6-12(15)10-3-1-2-4-11(10)14/h1-5,7H,6H2. The number of thiophene rings is 1. The summed E-state index contributed by atoms with van der Waals surface area (Å²) in [5, 5.41) is 2.48. The lowest BCUT2D eigenvalue weighted by atomic mass is 10.1. The Hall–Kier alpha value is -0.640. The van der Waals surface area contributed by atoms with Gasteiger partial charge in [-0.05, 0) is 34.1 Å². The molecule has 0 saturated carbocycles. The van der Waals surface area contributed by atoms with E-state index in [1.165, 1.54) is 0 Å². The van der Waals surface area contributed by atoms with Crippen LogP contribution in [0.5, 0.6) is 0 Å². The third-order valence-corrected chi connectivity index (χ3v) is 4.16. The number of Topliss-reactive ketones (excluding diaryl/α,β-unsaturated/α-hetero) is 1. The summed E-state index contributed by atoms with van der Waals surface area (Å²) in [5.41, 5.74) is 0.591. The molecule has 2 aromatic rings. The Morgan fingerprint density at radius 2 is 2.12 bits per heavy atom. The van der Waals surface area contributed by atoms with Gasteiger partial charge in [0.1, 0.15) is 0 Å². The average Bonchev–Trinajstić information content (AvgIpc) is 2.64. The lowest BCUT2D eigenvalue weighted by Gasteiger charge is -2.01. The van der Waals surface area contributed by atoms with Crippen LogP contribution in [0.25, 0.3) is 0 Å². The van der Waals surface area contributed by atoms with Gasteiger partial charge in [0.2, 0.25) is 0 Å². The first kappa shape index (κ1) is 11.8. The molecule has 1 nitrogen and oxygen atoms in total. The Labute approximate surface area is 111 Å². The van der Waals surface area contributed by atoms with Gasteiger partial charge in [0.25, 0.3) is 0 Å². The summed E-state index contributed by atoms with van der Waals surface area (Å²) in [6, 6.07) is 9.09. The monoisotopic (exact) mass is 314 g/mol. The molecule has 0 aliphatic heterocycles. The van der Waals surface area contributed by atoms with Crippen molar-refractivity contribution in [3.05, 3.63) is 55.6 Å². The van der Waals surface area contributed by atoms with E-state index in [9.17, 15) is 4.79 Å². The number of ketones is 1. The minimum absolute atomic E-state index is 0.0555. The molecule has 0 N–H and O–H groups in total. The fourth-order valence-corrected chi connectivity index (χ4v) is 3.08. The summed E-state index contributed by atoms with van der Waals surface area (Å²) >= 11 is 10.9. The van der Waals surface area contributed by atoms with Crippen molar-refractivity contribution in [3.63, 3.8) is 0 Å². The Kier molecular flexibility index (Phi) is 3.79. The van der Waals surface area contributed by atoms with Crippen molar-refractivity contribution < 1.29 is 4.79 Å². The fourth-order valence-electron chi connectivity index (χ4n) is 1.39. The number of carbonyl (C=O) groups is 1. The van der Waals surface area contributed by atoms with E-state index in [-0.39, 0.29) is 5.78 Å². The number of carbonyl (C=O) groups excluding carboxylic acids is 1. The molecule has 0 atom stereocenters. The lowest BCUT2D eigenvalue weighted by Crippen LogP contribution is -2.02. The highest BCUT2D eigenvalue weighted by molar-refractivity contribution is 9.10. The summed E-state index contributed by atoms with van der Waals surface area (Å²) in [7, 11) is 0. The number of halogens is 2. The highest BCUT2D eigenvalue weighted by Gasteiger charge is 2.11. The molecule has 16 heavy (non-hydrogen) atoms. The zero-order chi connectivity index (χ0) is 11.5. The number of rotatable bonds is 3. The second kappa shape index (κ2) is 5.13. The Bertz CT molecular complexity index is 521. The van der Waals surface area contributed by atoms with Gasteiger partial charge in [0.15, 0.2) is 5.78 Å². The molecule has 1 aromatic carbocycles. The largest absolute Gasteiger partial charge is 0.294 e. The van der Waals surface area contributed by atoms with Gasteiger partial charge in [-0.1, -0.05) is 23.7 Å². The molecule has 4 heteroatoms. The number of benzene rings is 1. The first-order valence-corrected chi connectivity index (χ1v) is 6.72. The molecular formula is C12H8BrClOS. The van der Waals surface area contributed by atoms with E-state index in [0.717, 1.165) is 9.35 Å². The molecule has 1 aromatic heterocycles. The van der Waals surface area contributed by atoms with E-state index in [1.54, 1.807) is 23.5 Å². The van der Waals surface area contributed by atoms with Crippen LogP contribution in [0.15, 0.2) is 40.2 Å². The Balaban J connectivity index is 2.18. The highest BCUT2D eigenvalue weighted by atomic mass is 79.9. The predicted octanol–water partition coefficient (Wildman–Crippen LogP) is 4.59. The molecule has 0 unspecified atom stereocenters. The molecule has 0 radical (unpaired) electrons. The van der Waals surface area contributed by atoms with E-state index in [2.05, 4.69) is 15.9 Å². The van der Waals surface area contributed by atoms with Crippen molar-refractivity contribution in [3.8, 4) is 0 Å². The van der Waals surface area contributed by atoms with Crippen molar-refractivity contribution in [2.24, 2.45) is 0 Å². The smallest absolute Gasteiger partial charge is 0.169 e. The maximum Gasteiger partial charge on any atom is 0.169 e. The minimum atomic E-state index is 0.0555. The molecule has 0 aliphatic carbocycles. The summed E-state index contributed by atoms with van der Waals surface area (Å²) in [5.74, 6) is 0.0555. The van der Waals surface area contributed by atoms with Crippen LogP contribution in [0.1, 0.15) is 15.2 Å². The van der Waals surface area contributed by atoms with Crippen LogP contribution in [0, 0.1) is 0 Å². The Morgan fingerprint density at radius 1 is 1.38 bits per heavy atom. The first-order chi connectivity index (χ1) is 7.66. The average molecular weight is 316 g/mol. The first-order valence-electron chi connectivity index (χ1n) is 4.67. The van der Waals surface area contributed by atoms with Gasteiger partial charge in [-0.2, -0.15) is 0 Å². The lowest BCUT2D eigenvalue weighted by molar-refractivity contribution is 0.0994. The molecule has 0 spiro atoms. The van der Waals surface area contributed by atoms with Crippen molar-refractivity contribution in [2.45, 2.75) is 6.42 Å². The molecular weight excluding hydrogens is 308 g/mol. The van der Waals surface area contributed by atoms with Gasteiger partial charge >= 0.3 is 0 Å². The van der Waals surface area contributed by atoms with Crippen LogP contribution < -0.4 is 0 Å². The molecule has 1 heterocycles. The molecule has 0 saturated heterocycles. The van der Waals surface area contributed by atoms with Gasteiger partial charge in [-0.15, -0.1) is 11.3 Å². The quantitative estimate of drug-likeness (QED) is 0.757. The van der Waals surface area contributed by atoms with Gasteiger partial charge < -0.3 is 0 Å². The van der Waals surface area contributed by atoms with Crippen molar-refractivity contribution >= 4 is 44.7 Å². The number of hydrogen-bond acceptors (Lipinski definition) is 2. The van der Waals surface area contributed by atoms with Crippen LogP contribution >= 0.6 is 38.9 Å². The Morgan fingerprint density at radius 3 is 2.75 bits per heavy atom. The maximum absolute atomic E-state index is 12.0. The summed E-state index contributed by atoms with van der Waals surface area (Å²) < 4.78 is 1.01. The highest BCUT2D eigenvalue weighted by Crippen LogP contribution is 2.23. The van der Waals surface area contributed by atoms with Crippen LogP contribution in [-0.4, -0.2) is 5.78 Å². The van der Waals surface area contributed by atoms with Gasteiger partial charge in [0.05, 0.1) is 5.02 Å². The predicted molar refractivity (Wildman–Crippen MR) is 71.5 cm³/mol. The molecule has 2 rings (SSSR count). The zero-order valence-corrected chi connectivity index (χ0v) is 11.4. The van der Waals surface area contributed by atoms with Gasteiger partial charge in [0, 0.05) is 26.7 Å². The van der Waals surface area contributed by atoms with Crippen LogP contribution in [0.3, 0.4) is 0 Å². The van der Waals surface area contributed by atoms with Gasteiger partial charge in [-0.25, -0.2) is 0 Å². The SMILES string of the molecule is O=C(Cc1cc(Br)cs1)c1ccccc1Cl. The van der Waals surface area contributed by atoms with Gasteiger partial charge in [-0.3, -0.25) is 4.79 Å². The van der Waals surface area contributed by atoms with Crippen LogP contribution in [0.4, 0.5) is 0 Å². The maximum atomic E-state index is 12.0. The van der Waals surface area contributed by atoms with Crippen molar-refractivity contribution in [1.82, 2.24) is 0 Å². The molecule has 0 aliphatic rings.